The summed E-state index contributed by atoms with van der Waals surface area (Å²) in [6.45, 7) is 9.12. The number of benzene rings is 1. The average molecular weight is 499 g/mol. The molecule has 8 heteroatoms. The Morgan fingerprint density at radius 3 is 2.50 bits per heavy atom. The molecule has 2 rings (SSSR count). The van der Waals surface area contributed by atoms with Gasteiger partial charge in [0.25, 0.3) is 0 Å². The number of hydrogen-bond donors (Lipinski definition) is 2. The molecule has 7 nitrogen and oxygen atoms in total. The van der Waals surface area contributed by atoms with Crippen LogP contribution in [-0.2, 0) is 11.3 Å². The van der Waals surface area contributed by atoms with Crippen LogP contribution in [0.25, 0.3) is 11.3 Å². The summed E-state index contributed by atoms with van der Waals surface area (Å²) in [5.41, 5.74) is 1.74. The molecule has 0 aliphatic rings. The molecule has 0 atom stereocenters. The molecule has 0 unspecified atom stereocenters. The summed E-state index contributed by atoms with van der Waals surface area (Å²) in [5.74, 6) is 1.53. The molecule has 0 spiro atoms. The number of amides is 1. The van der Waals surface area contributed by atoms with Gasteiger partial charge in [0.2, 0.25) is 5.91 Å². The number of hydrogen-bond acceptors (Lipinski definition) is 4. The van der Waals surface area contributed by atoms with Gasteiger partial charge in [-0.1, -0.05) is 35.5 Å². The molecule has 2 N–H and O–H groups in total. The van der Waals surface area contributed by atoms with E-state index in [1.807, 2.05) is 62.1 Å². The van der Waals surface area contributed by atoms with Gasteiger partial charge in [0.05, 0.1) is 6.54 Å². The monoisotopic (exact) mass is 499 g/mol. The van der Waals surface area contributed by atoms with Gasteiger partial charge in [0.15, 0.2) is 11.7 Å². The van der Waals surface area contributed by atoms with E-state index in [1.165, 1.54) is 0 Å². The smallest absolute Gasteiger partial charge is 0.224 e. The van der Waals surface area contributed by atoms with E-state index in [4.69, 9.17) is 4.52 Å². The van der Waals surface area contributed by atoms with Crippen molar-refractivity contribution < 1.29 is 9.32 Å². The van der Waals surface area contributed by atoms with Crippen LogP contribution < -0.4 is 10.6 Å². The first kappa shape index (κ1) is 23.9. The first-order valence-electron chi connectivity index (χ1n) is 9.48. The van der Waals surface area contributed by atoms with Crippen molar-refractivity contribution >= 4 is 35.8 Å². The molecular formula is C20H30IN5O2. The minimum absolute atomic E-state index is 0. The molecule has 0 bridgehead atoms. The van der Waals surface area contributed by atoms with Gasteiger partial charge >= 0.3 is 0 Å². The Morgan fingerprint density at radius 2 is 1.86 bits per heavy atom. The maximum Gasteiger partial charge on any atom is 0.224 e. The van der Waals surface area contributed by atoms with E-state index in [0.29, 0.717) is 25.5 Å². The lowest BCUT2D eigenvalue weighted by atomic mass is 10.2. The highest BCUT2D eigenvalue weighted by Gasteiger charge is 2.10. The molecule has 1 aromatic heterocycles. The lowest BCUT2D eigenvalue weighted by Crippen LogP contribution is -2.40. The molecule has 0 saturated heterocycles. The minimum atomic E-state index is 0. The average Bonchev–Trinajstić information content (AvgIpc) is 3.17. The van der Waals surface area contributed by atoms with Crippen molar-refractivity contribution in [3.05, 3.63) is 42.1 Å². The highest BCUT2D eigenvalue weighted by molar-refractivity contribution is 14.0. The van der Waals surface area contributed by atoms with E-state index >= 15 is 0 Å². The zero-order valence-electron chi connectivity index (χ0n) is 16.8. The number of nitrogens with zero attached hydrogens (tertiary/aromatic N) is 3. The van der Waals surface area contributed by atoms with Gasteiger partial charge < -0.3 is 20.1 Å². The summed E-state index contributed by atoms with van der Waals surface area (Å²) in [5, 5.41) is 10.5. The first-order valence-corrected chi connectivity index (χ1v) is 9.48. The Kier molecular flexibility index (Phi) is 11.2. The zero-order chi connectivity index (χ0) is 19.5. The van der Waals surface area contributed by atoms with Crippen LogP contribution in [0.2, 0.25) is 0 Å². The fourth-order valence-corrected chi connectivity index (χ4v) is 2.65. The Hall–Kier alpha value is -2.10. The maximum absolute atomic E-state index is 12.1. The van der Waals surface area contributed by atoms with Crippen molar-refractivity contribution in [1.82, 2.24) is 20.7 Å². The molecule has 1 amide bonds. The predicted molar refractivity (Wildman–Crippen MR) is 123 cm³/mol. The van der Waals surface area contributed by atoms with Gasteiger partial charge in [-0.05, 0) is 20.8 Å². The molecule has 0 saturated carbocycles. The highest BCUT2D eigenvalue weighted by atomic mass is 127. The minimum Gasteiger partial charge on any atom is -0.357 e. The van der Waals surface area contributed by atoms with Crippen LogP contribution in [0.1, 0.15) is 32.9 Å². The second-order valence-corrected chi connectivity index (χ2v) is 5.99. The van der Waals surface area contributed by atoms with E-state index < -0.39 is 0 Å². The van der Waals surface area contributed by atoms with Crippen molar-refractivity contribution in [2.45, 2.75) is 33.7 Å². The summed E-state index contributed by atoms with van der Waals surface area (Å²) < 4.78 is 5.40. The summed E-state index contributed by atoms with van der Waals surface area (Å²) >= 11 is 0. The molecule has 0 fully saturated rings. The Morgan fingerprint density at radius 1 is 1.14 bits per heavy atom. The molecular weight excluding hydrogens is 469 g/mol. The van der Waals surface area contributed by atoms with Crippen LogP contribution in [0.4, 0.5) is 0 Å². The summed E-state index contributed by atoms with van der Waals surface area (Å²) in [7, 11) is 0. The van der Waals surface area contributed by atoms with Crippen molar-refractivity contribution in [1.29, 1.82) is 0 Å². The number of aliphatic imine (C=N–C) groups is 1. The van der Waals surface area contributed by atoms with E-state index in [0.717, 1.165) is 36.7 Å². The number of halogens is 1. The second-order valence-electron chi connectivity index (χ2n) is 5.99. The number of rotatable bonds is 9. The number of guanidine groups is 1. The molecule has 1 aromatic carbocycles. The third kappa shape index (κ3) is 7.49. The number of carbonyl (C=O) groups excluding carboxylic acids is 1. The van der Waals surface area contributed by atoms with Crippen LogP contribution in [0.15, 0.2) is 45.9 Å². The summed E-state index contributed by atoms with van der Waals surface area (Å²) in [6.07, 6.45) is 0.439. The normalized spacial score (nSPS) is 10.9. The lowest BCUT2D eigenvalue weighted by molar-refractivity contribution is -0.130. The molecule has 0 aliphatic heterocycles. The Labute approximate surface area is 184 Å². The molecule has 1 heterocycles. The third-order valence-corrected chi connectivity index (χ3v) is 4.11. The van der Waals surface area contributed by atoms with Crippen LogP contribution in [-0.4, -0.2) is 48.1 Å². The predicted octanol–water partition coefficient (Wildman–Crippen LogP) is 3.27. The number of nitrogens with one attached hydrogen (secondary N) is 2. The van der Waals surface area contributed by atoms with Gasteiger partial charge in [-0.3, -0.25) is 4.79 Å². The highest BCUT2D eigenvalue weighted by Crippen LogP contribution is 2.19. The number of carbonyl (C=O) groups is 1. The first-order chi connectivity index (χ1) is 13.2. The Balaban J connectivity index is 0.00000392. The van der Waals surface area contributed by atoms with Crippen LogP contribution >= 0.6 is 24.0 Å². The molecule has 0 aliphatic carbocycles. The van der Waals surface area contributed by atoms with Crippen molar-refractivity contribution in [3.8, 4) is 11.3 Å². The molecule has 2 aromatic rings. The van der Waals surface area contributed by atoms with Gasteiger partial charge in [0, 0.05) is 44.2 Å². The van der Waals surface area contributed by atoms with Crippen LogP contribution in [0.3, 0.4) is 0 Å². The van der Waals surface area contributed by atoms with Gasteiger partial charge in [-0.25, -0.2) is 4.99 Å². The van der Waals surface area contributed by atoms with Gasteiger partial charge in [-0.15, -0.1) is 24.0 Å². The van der Waals surface area contributed by atoms with Crippen molar-refractivity contribution in [2.75, 3.05) is 26.2 Å². The third-order valence-electron chi connectivity index (χ3n) is 4.11. The number of aromatic nitrogens is 1. The fraction of sp³-hybridized carbons (Fsp3) is 0.450. The summed E-state index contributed by atoms with van der Waals surface area (Å²) in [6, 6.07) is 11.7. The van der Waals surface area contributed by atoms with E-state index in [-0.39, 0.29) is 29.9 Å². The van der Waals surface area contributed by atoms with Crippen molar-refractivity contribution in [2.24, 2.45) is 4.99 Å². The maximum atomic E-state index is 12.1. The Bertz CT molecular complexity index is 729. The quantitative estimate of drug-likeness (QED) is 0.315. The molecule has 154 valence electrons. The standard InChI is InChI=1S/C20H29N5O2.HI/c1-4-21-20(22-13-12-19(26)25(5-2)6-3)23-15-17-14-18(27-24-17)16-10-8-7-9-11-16;/h7-11,14H,4-6,12-13,15H2,1-3H3,(H2,21,22,23);1H. The topological polar surface area (TPSA) is 82.8 Å². The van der Waals surface area contributed by atoms with E-state index in [2.05, 4.69) is 20.8 Å². The van der Waals surface area contributed by atoms with Gasteiger partial charge in [0.1, 0.15) is 5.69 Å². The lowest BCUT2D eigenvalue weighted by Gasteiger charge is -2.19. The van der Waals surface area contributed by atoms with Gasteiger partial charge in [-0.2, -0.15) is 0 Å². The summed E-state index contributed by atoms with van der Waals surface area (Å²) in [4.78, 5) is 18.4. The fourth-order valence-electron chi connectivity index (χ4n) is 2.65. The zero-order valence-corrected chi connectivity index (χ0v) is 19.1. The molecule has 0 radical (unpaired) electrons. The van der Waals surface area contributed by atoms with Crippen LogP contribution in [0, 0.1) is 0 Å². The largest absolute Gasteiger partial charge is 0.357 e. The molecule has 28 heavy (non-hydrogen) atoms. The van der Waals surface area contributed by atoms with E-state index in [9.17, 15) is 4.79 Å². The SMILES string of the molecule is CCNC(=NCc1cc(-c2ccccc2)on1)NCCC(=O)N(CC)CC.I. The van der Waals surface area contributed by atoms with E-state index in [1.54, 1.807) is 0 Å². The van der Waals surface area contributed by atoms with Crippen molar-refractivity contribution in [3.63, 3.8) is 0 Å². The second kappa shape index (κ2) is 13.1. The van der Waals surface area contributed by atoms with Crippen LogP contribution in [0.5, 0.6) is 0 Å².